The molecular formula is C30H49NO4. The molecule has 5 heteroatoms. The summed E-state index contributed by atoms with van der Waals surface area (Å²) in [6.45, 7) is 9.04. The van der Waals surface area contributed by atoms with Gasteiger partial charge in [0.1, 0.15) is 11.6 Å². The van der Waals surface area contributed by atoms with Crippen molar-refractivity contribution >= 4 is 23.1 Å². The molecule has 0 bridgehead atoms. The van der Waals surface area contributed by atoms with Crippen molar-refractivity contribution < 1.29 is 19.2 Å². The highest BCUT2D eigenvalue weighted by atomic mass is 16.2. The smallest absolute Gasteiger partial charge is 0.225 e. The lowest BCUT2D eigenvalue weighted by Gasteiger charge is -2.22. The summed E-state index contributed by atoms with van der Waals surface area (Å²) >= 11 is 0. The molecule has 0 aromatic heterocycles. The predicted molar refractivity (Wildman–Crippen MR) is 143 cm³/mol. The van der Waals surface area contributed by atoms with Gasteiger partial charge in [-0.15, -0.1) is 0 Å². The summed E-state index contributed by atoms with van der Waals surface area (Å²) in [6.07, 6.45) is 16.3. The molecule has 1 aliphatic rings. The van der Waals surface area contributed by atoms with Crippen molar-refractivity contribution in [1.29, 1.82) is 0 Å². The number of nitrogens with one attached hydrogen (secondary N) is 1. The van der Waals surface area contributed by atoms with Gasteiger partial charge < -0.3 is 5.32 Å². The number of carbonyl (C=O) groups excluding carboxylic acids is 4. The second kappa shape index (κ2) is 18.4. The Hall–Kier alpha value is -1.88. The molecule has 2 unspecified atom stereocenters. The molecule has 0 saturated carbocycles. The summed E-state index contributed by atoms with van der Waals surface area (Å²) in [6, 6.07) is -0.314. The Labute approximate surface area is 213 Å². The van der Waals surface area contributed by atoms with E-state index in [1.165, 1.54) is 12.2 Å². The van der Waals surface area contributed by atoms with Crippen molar-refractivity contribution in [2.75, 3.05) is 6.54 Å². The molecule has 2 atom stereocenters. The minimum atomic E-state index is -0.490. The predicted octanol–water partition coefficient (Wildman–Crippen LogP) is 6.63. The maximum Gasteiger partial charge on any atom is 0.225 e. The third-order valence-electron chi connectivity index (χ3n) is 6.82. The van der Waals surface area contributed by atoms with E-state index in [1.54, 1.807) is 0 Å². The van der Waals surface area contributed by atoms with Gasteiger partial charge in [0.2, 0.25) is 11.6 Å². The molecule has 0 amide bonds. The molecule has 0 fully saturated rings. The van der Waals surface area contributed by atoms with Gasteiger partial charge in [0, 0.05) is 18.8 Å². The monoisotopic (exact) mass is 487 g/mol. The van der Waals surface area contributed by atoms with Gasteiger partial charge in [0.15, 0.2) is 0 Å². The van der Waals surface area contributed by atoms with Crippen LogP contribution in [0.4, 0.5) is 0 Å². The highest BCUT2D eigenvalue weighted by Crippen LogP contribution is 2.27. The lowest BCUT2D eigenvalue weighted by Crippen LogP contribution is -2.38. The Bertz CT molecular complexity index is 749. The Morgan fingerprint density at radius 1 is 0.714 bits per heavy atom. The van der Waals surface area contributed by atoms with Gasteiger partial charge in [-0.3, -0.25) is 19.2 Å². The number of hydrogen-bond donors (Lipinski definition) is 1. The first-order valence-corrected chi connectivity index (χ1v) is 14.2. The van der Waals surface area contributed by atoms with Crippen molar-refractivity contribution in [3.63, 3.8) is 0 Å². The summed E-state index contributed by atoms with van der Waals surface area (Å²) in [5, 5.41) is 3.33. The molecule has 0 aromatic carbocycles. The van der Waals surface area contributed by atoms with Crippen LogP contribution in [0.2, 0.25) is 0 Å². The van der Waals surface area contributed by atoms with Crippen molar-refractivity contribution in [1.82, 2.24) is 5.32 Å². The van der Waals surface area contributed by atoms with Gasteiger partial charge in [0.25, 0.3) is 0 Å². The number of unbranched alkanes of at least 4 members (excludes halogenated alkanes) is 4. The Morgan fingerprint density at radius 3 is 1.94 bits per heavy atom. The Balaban J connectivity index is 2.63. The van der Waals surface area contributed by atoms with Gasteiger partial charge in [-0.1, -0.05) is 59.8 Å². The fraction of sp³-hybridized carbons (Fsp3) is 0.733. The van der Waals surface area contributed by atoms with Crippen molar-refractivity contribution in [2.45, 2.75) is 130 Å². The first-order chi connectivity index (χ1) is 16.9. The van der Waals surface area contributed by atoms with Gasteiger partial charge in [0.05, 0.1) is 6.04 Å². The van der Waals surface area contributed by atoms with Gasteiger partial charge >= 0.3 is 0 Å². The van der Waals surface area contributed by atoms with E-state index in [0.717, 1.165) is 94.7 Å². The Morgan fingerprint density at radius 2 is 1.31 bits per heavy atom. The molecule has 35 heavy (non-hydrogen) atoms. The molecule has 1 aliphatic carbocycles. The molecule has 1 N–H and O–H groups in total. The number of ketones is 4. The van der Waals surface area contributed by atoms with Crippen LogP contribution < -0.4 is 5.32 Å². The van der Waals surface area contributed by atoms with E-state index in [0.29, 0.717) is 25.0 Å². The highest BCUT2D eigenvalue weighted by molar-refractivity contribution is 6.46. The molecule has 0 spiro atoms. The second-order valence-corrected chi connectivity index (χ2v) is 10.0. The maximum atomic E-state index is 12.6. The number of carbonyl (C=O) groups is 4. The van der Waals surface area contributed by atoms with E-state index in [9.17, 15) is 19.2 Å². The molecule has 198 valence electrons. The van der Waals surface area contributed by atoms with Crippen molar-refractivity contribution in [3.05, 3.63) is 23.3 Å². The van der Waals surface area contributed by atoms with Crippen LogP contribution in [0.15, 0.2) is 23.3 Å². The van der Waals surface area contributed by atoms with Crippen molar-refractivity contribution in [3.8, 4) is 0 Å². The lowest BCUT2D eigenvalue weighted by molar-refractivity contribution is -0.131. The van der Waals surface area contributed by atoms with Crippen LogP contribution in [0.5, 0.6) is 0 Å². The van der Waals surface area contributed by atoms with E-state index in [-0.39, 0.29) is 17.7 Å². The van der Waals surface area contributed by atoms with Crippen LogP contribution in [-0.4, -0.2) is 35.7 Å². The van der Waals surface area contributed by atoms with Crippen LogP contribution in [0.25, 0.3) is 0 Å². The Kier molecular flexibility index (Phi) is 16.4. The van der Waals surface area contributed by atoms with Gasteiger partial charge in [-0.2, -0.15) is 0 Å². The summed E-state index contributed by atoms with van der Waals surface area (Å²) < 4.78 is 0. The topological polar surface area (TPSA) is 80.3 Å². The summed E-state index contributed by atoms with van der Waals surface area (Å²) in [5.41, 5.74) is 1.73. The number of allylic oxidation sites excluding steroid dienone is 3. The summed E-state index contributed by atoms with van der Waals surface area (Å²) in [4.78, 5) is 49.2. The molecule has 1 rings (SSSR count). The van der Waals surface area contributed by atoms with E-state index in [4.69, 9.17) is 0 Å². The maximum absolute atomic E-state index is 12.6. The standard InChI is InChI=1S/C30H49NO4/c1-5-9-16-23(27(32)14-6-2)17-12-10-11-13-18-24-21-29(34)30(35)22-25(24)20-26(31-19-8-4)28(33)15-7-3/h21-23,26,31H,5-20H2,1-4H3. The quantitative estimate of drug-likeness (QED) is 0.112. The summed E-state index contributed by atoms with van der Waals surface area (Å²) in [5.74, 6) is -0.149. The minimum Gasteiger partial charge on any atom is -0.307 e. The van der Waals surface area contributed by atoms with E-state index in [1.807, 2.05) is 6.92 Å². The second-order valence-electron chi connectivity index (χ2n) is 10.0. The molecular weight excluding hydrogens is 438 g/mol. The van der Waals surface area contributed by atoms with Crippen LogP contribution in [0.1, 0.15) is 124 Å². The average molecular weight is 488 g/mol. The van der Waals surface area contributed by atoms with Crippen LogP contribution in [-0.2, 0) is 19.2 Å². The fourth-order valence-corrected chi connectivity index (χ4v) is 4.75. The lowest BCUT2D eigenvalue weighted by atomic mass is 9.86. The fourth-order valence-electron chi connectivity index (χ4n) is 4.75. The average Bonchev–Trinajstić information content (AvgIpc) is 2.83. The third-order valence-corrected chi connectivity index (χ3v) is 6.82. The van der Waals surface area contributed by atoms with E-state index in [2.05, 4.69) is 26.1 Å². The first kappa shape index (κ1) is 31.2. The number of hydrogen-bond acceptors (Lipinski definition) is 5. The molecule has 0 heterocycles. The van der Waals surface area contributed by atoms with Crippen LogP contribution >= 0.6 is 0 Å². The number of rotatable bonds is 21. The first-order valence-electron chi connectivity index (χ1n) is 14.2. The van der Waals surface area contributed by atoms with Gasteiger partial charge in [-0.25, -0.2) is 0 Å². The van der Waals surface area contributed by atoms with E-state index < -0.39 is 11.6 Å². The normalized spacial score (nSPS) is 15.5. The van der Waals surface area contributed by atoms with Crippen LogP contribution in [0, 0.1) is 5.92 Å². The summed E-state index contributed by atoms with van der Waals surface area (Å²) in [7, 11) is 0. The molecule has 0 aromatic rings. The molecule has 0 saturated heterocycles. The molecule has 5 nitrogen and oxygen atoms in total. The number of Topliss-reactive ketones (excluding diaryl/α,β-unsaturated/α-hetero) is 2. The SMILES string of the molecule is CCCCC(CCCCCCC1=CC(=O)C(=O)C=C1CC(NCCC)C(=O)CCC)C(=O)CCC. The zero-order chi connectivity index (χ0) is 26.1. The minimum absolute atomic E-state index is 0.167. The van der Waals surface area contributed by atoms with Crippen LogP contribution in [0.3, 0.4) is 0 Å². The largest absolute Gasteiger partial charge is 0.307 e. The zero-order valence-corrected chi connectivity index (χ0v) is 22.8. The zero-order valence-electron chi connectivity index (χ0n) is 22.8. The highest BCUT2D eigenvalue weighted by Gasteiger charge is 2.25. The van der Waals surface area contributed by atoms with Crippen molar-refractivity contribution in [2.24, 2.45) is 5.92 Å². The third kappa shape index (κ3) is 12.1. The van der Waals surface area contributed by atoms with Gasteiger partial charge in [-0.05, 0) is 81.2 Å². The van der Waals surface area contributed by atoms with E-state index >= 15 is 0 Å². The molecule has 0 aliphatic heterocycles. The molecule has 0 radical (unpaired) electrons.